The molecule has 214 valence electrons. The fourth-order valence-electron chi connectivity index (χ4n) is 9.87. The van der Waals surface area contributed by atoms with Gasteiger partial charge in [0.25, 0.3) is 5.91 Å². The van der Waals surface area contributed by atoms with Crippen LogP contribution >= 0.6 is 0 Å². The van der Waals surface area contributed by atoms with Gasteiger partial charge < -0.3 is 20.0 Å². The van der Waals surface area contributed by atoms with Gasteiger partial charge in [-0.05, 0) is 112 Å². The number of hydrogen-bond acceptors (Lipinski definition) is 4. The summed E-state index contributed by atoms with van der Waals surface area (Å²) in [7, 11) is 0. The lowest BCUT2D eigenvalue weighted by Crippen LogP contribution is -2.55. The first-order valence-electron chi connectivity index (χ1n) is 15.5. The van der Waals surface area contributed by atoms with Crippen LogP contribution in [0.5, 0.6) is 0 Å². The van der Waals surface area contributed by atoms with E-state index >= 15 is 0 Å². The molecule has 0 bridgehead atoms. The molecule has 2 amide bonds. The quantitative estimate of drug-likeness (QED) is 0.503. The lowest BCUT2D eigenvalue weighted by atomic mass is 9.47. The lowest BCUT2D eigenvalue weighted by Gasteiger charge is -2.58. The summed E-state index contributed by atoms with van der Waals surface area (Å²) in [5.41, 5.74) is 0.861. The second kappa shape index (κ2) is 10.2. The minimum atomic E-state index is -1.36. The van der Waals surface area contributed by atoms with Crippen molar-refractivity contribution in [1.82, 2.24) is 9.80 Å². The Morgan fingerprint density at radius 1 is 1.03 bits per heavy atom. The van der Waals surface area contributed by atoms with Gasteiger partial charge in [-0.25, -0.2) is 0 Å². The number of aliphatic hydroxyl groups excluding tert-OH is 1. The number of rotatable bonds is 5. The standard InChI is InChI=1S/C32H52N2O4/c1-21(6-11-28(36)33-16-18-34(19-17-33)29(37)30(2,3)38)25-9-10-26-24-8-7-22-20-23(35)12-14-31(22,4)27(24)13-15-32(25,26)5/h7,21,23-27,35,38H,6,8-20H2,1-5H3/t21-,23+,24+,25-,26+,27+,31+,32-/m1/s1. The molecule has 0 radical (unpaired) electrons. The minimum absolute atomic E-state index is 0.141. The summed E-state index contributed by atoms with van der Waals surface area (Å²) >= 11 is 0. The fraction of sp³-hybridized carbons (Fsp3) is 0.875. The normalized spacial score (nSPS) is 40.1. The van der Waals surface area contributed by atoms with Crippen LogP contribution in [0.25, 0.3) is 0 Å². The third-order valence-corrected chi connectivity index (χ3v) is 12.1. The first kappa shape index (κ1) is 28.1. The third-order valence-electron chi connectivity index (χ3n) is 12.1. The first-order chi connectivity index (χ1) is 17.8. The van der Waals surface area contributed by atoms with Crippen LogP contribution in [-0.2, 0) is 9.59 Å². The molecule has 0 aromatic heterocycles. The molecule has 4 fully saturated rings. The molecule has 0 unspecified atom stereocenters. The van der Waals surface area contributed by atoms with Crippen molar-refractivity contribution >= 4 is 11.8 Å². The molecule has 0 spiro atoms. The molecule has 38 heavy (non-hydrogen) atoms. The highest BCUT2D eigenvalue weighted by Gasteiger charge is 2.59. The van der Waals surface area contributed by atoms with Crippen molar-refractivity contribution in [3.63, 3.8) is 0 Å². The monoisotopic (exact) mass is 528 g/mol. The first-order valence-corrected chi connectivity index (χ1v) is 15.5. The Bertz CT molecular complexity index is 948. The number of piperazine rings is 1. The zero-order chi connectivity index (χ0) is 27.5. The Morgan fingerprint density at radius 3 is 2.39 bits per heavy atom. The van der Waals surface area contributed by atoms with Crippen LogP contribution in [0, 0.1) is 40.4 Å². The van der Waals surface area contributed by atoms with Crippen molar-refractivity contribution in [2.45, 2.75) is 111 Å². The number of amides is 2. The zero-order valence-electron chi connectivity index (χ0n) is 24.5. The molecule has 8 atom stereocenters. The summed E-state index contributed by atoms with van der Waals surface area (Å²) in [6, 6.07) is 0. The van der Waals surface area contributed by atoms with Gasteiger partial charge in [0.2, 0.25) is 5.91 Å². The molecule has 1 saturated heterocycles. The van der Waals surface area contributed by atoms with Crippen molar-refractivity contribution < 1.29 is 19.8 Å². The summed E-state index contributed by atoms with van der Waals surface area (Å²) in [6.45, 7) is 12.7. The Morgan fingerprint density at radius 2 is 1.71 bits per heavy atom. The van der Waals surface area contributed by atoms with Gasteiger partial charge in [-0.15, -0.1) is 0 Å². The van der Waals surface area contributed by atoms with E-state index < -0.39 is 5.60 Å². The van der Waals surface area contributed by atoms with Gasteiger partial charge in [0, 0.05) is 32.6 Å². The molecule has 0 aromatic rings. The molecule has 1 aliphatic heterocycles. The number of carbonyl (C=O) groups excluding carboxylic acids is 2. The van der Waals surface area contributed by atoms with Crippen LogP contribution in [0.1, 0.15) is 98.8 Å². The second-order valence-corrected chi connectivity index (χ2v) is 14.6. The maximum Gasteiger partial charge on any atom is 0.254 e. The summed E-state index contributed by atoms with van der Waals surface area (Å²) in [5.74, 6) is 3.52. The van der Waals surface area contributed by atoms with Crippen LogP contribution < -0.4 is 0 Å². The highest BCUT2D eigenvalue weighted by atomic mass is 16.3. The predicted octanol–water partition coefficient (Wildman–Crippen LogP) is 4.78. The van der Waals surface area contributed by atoms with E-state index in [9.17, 15) is 19.8 Å². The third kappa shape index (κ3) is 4.87. The number of aliphatic hydroxyl groups is 2. The maximum absolute atomic E-state index is 13.1. The summed E-state index contributed by atoms with van der Waals surface area (Å²) in [5, 5.41) is 20.3. The molecule has 5 aliphatic rings. The molecule has 5 rings (SSSR count). The van der Waals surface area contributed by atoms with Crippen LogP contribution in [0.2, 0.25) is 0 Å². The number of nitrogens with zero attached hydrogens (tertiary/aromatic N) is 2. The Hall–Kier alpha value is -1.40. The van der Waals surface area contributed by atoms with E-state index in [2.05, 4.69) is 26.8 Å². The summed E-state index contributed by atoms with van der Waals surface area (Å²) < 4.78 is 0. The molecule has 6 heteroatoms. The Kier molecular flexibility index (Phi) is 7.56. The van der Waals surface area contributed by atoms with Gasteiger partial charge in [0.15, 0.2) is 0 Å². The maximum atomic E-state index is 13.1. The van der Waals surface area contributed by atoms with Gasteiger partial charge in [0.1, 0.15) is 5.60 Å². The molecule has 3 saturated carbocycles. The number of fused-ring (bicyclic) bond motifs is 5. The van der Waals surface area contributed by atoms with E-state index in [1.807, 2.05) is 4.90 Å². The molecule has 6 nitrogen and oxygen atoms in total. The number of carbonyl (C=O) groups is 2. The summed E-state index contributed by atoms with van der Waals surface area (Å²) in [4.78, 5) is 29.0. The zero-order valence-corrected chi connectivity index (χ0v) is 24.5. The molecule has 0 aromatic carbocycles. The van der Waals surface area contributed by atoms with Crippen molar-refractivity contribution in [2.75, 3.05) is 26.2 Å². The van der Waals surface area contributed by atoms with Crippen LogP contribution in [0.4, 0.5) is 0 Å². The van der Waals surface area contributed by atoms with Gasteiger partial charge in [-0.1, -0.05) is 32.4 Å². The van der Waals surface area contributed by atoms with E-state index in [1.165, 1.54) is 46.0 Å². The highest BCUT2D eigenvalue weighted by Crippen LogP contribution is 2.67. The molecule has 2 N–H and O–H groups in total. The minimum Gasteiger partial charge on any atom is -0.393 e. The van der Waals surface area contributed by atoms with Crippen LogP contribution in [-0.4, -0.2) is 69.7 Å². The van der Waals surface area contributed by atoms with E-state index in [1.54, 1.807) is 10.5 Å². The second-order valence-electron chi connectivity index (χ2n) is 14.6. The summed E-state index contributed by atoms with van der Waals surface area (Å²) in [6.07, 6.45) is 13.4. The average molecular weight is 529 g/mol. The van der Waals surface area contributed by atoms with Gasteiger partial charge in [-0.2, -0.15) is 0 Å². The Balaban J connectivity index is 1.16. The van der Waals surface area contributed by atoms with Crippen molar-refractivity contribution in [3.05, 3.63) is 11.6 Å². The van der Waals surface area contributed by atoms with Gasteiger partial charge >= 0.3 is 0 Å². The van der Waals surface area contributed by atoms with E-state index in [0.717, 1.165) is 43.4 Å². The molecular weight excluding hydrogens is 476 g/mol. The average Bonchev–Trinajstić information content (AvgIpc) is 3.24. The van der Waals surface area contributed by atoms with Crippen LogP contribution in [0.15, 0.2) is 11.6 Å². The number of allylic oxidation sites excluding steroid dienone is 1. The van der Waals surface area contributed by atoms with Crippen molar-refractivity contribution in [1.29, 1.82) is 0 Å². The SMILES string of the molecule is C[C@H](CCC(=O)N1CCN(C(=O)C(C)(C)O)CC1)[C@H]1CC[C@H]2[C@@H]3CC=C4C[C@@H](O)CC[C@]4(C)[C@H]3CC[C@]12C. The van der Waals surface area contributed by atoms with Gasteiger partial charge in [0.05, 0.1) is 6.10 Å². The van der Waals surface area contributed by atoms with E-state index in [4.69, 9.17) is 0 Å². The van der Waals surface area contributed by atoms with Crippen molar-refractivity contribution in [3.8, 4) is 0 Å². The Labute approximate surface area is 230 Å². The molecule has 1 heterocycles. The number of hydrogen-bond donors (Lipinski definition) is 2. The predicted molar refractivity (Wildman–Crippen MR) is 149 cm³/mol. The topological polar surface area (TPSA) is 81.1 Å². The smallest absolute Gasteiger partial charge is 0.254 e. The molecule has 4 aliphatic carbocycles. The van der Waals surface area contributed by atoms with Crippen LogP contribution in [0.3, 0.4) is 0 Å². The fourth-order valence-corrected chi connectivity index (χ4v) is 9.87. The van der Waals surface area contributed by atoms with Crippen molar-refractivity contribution in [2.24, 2.45) is 40.4 Å². The van der Waals surface area contributed by atoms with E-state index in [-0.39, 0.29) is 17.9 Å². The lowest BCUT2D eigenvalue weighted by molar-refractivity contribution is -0.151. The highest BCUT2D eigenvalue weighted by molar-refractivity contribution is 5.84. The van der Waals surface area contributed by atoms with Gasteiger partial charge in [-0.3, -0.25) is 9.59 Å². The van der Waals surface area contributed by atoms with E-state index in [0.29, 0.717) is 55.3 Å². The largest absolute Gasteiger partial charge is 0.393 e. The molecular formula is C32H52N2O4.